The van der Waals surface area contributed by atoms with Gasteiger partial charge in [-0.15, -0.1) is 0 Å². The number of carbonyl (C=O) groups excluding carboxylic acids is 1. The third-order valence-corrected chi connectivity index (χ3v) is 11.9. The molecule has 57 heavy (non-hydrogen) atoms. The fourth-order valence-electron chi connectivity index (χ4n) is 7.03. The molecule has 3 unspecified atom stereocenters. The number of allylic oxidation sites excluding steroid dienone is 3. The largest absolute Gasteiger partial charge is 0.756 e. The second-order valence-electron chi connectivity index (χ2n) is 17.8. The lowest BCUT2D eigenvalue weighted by Gasteiger charge is -2.29. The maximum absolute atomic E-state index is 12.9. The smallest absolute Gasteiger partial charge is 0.268 e. The number of nitrogens with one attached hydrogen (secondary N) is 1. The van der Waals surface area contributed by atoms with E-state index in [-0.39, 0.29) is 19.1 Å². The van der Waals surface area contributed by atoms with Crippen molar-refractivity contribution >= 4 is 13.7 Å². The normalized spacial score (nSPS) is 14.4. The molecule has 0 saturated carbocycles. The van der Waals surface area contributed by atoms with E-state index in [0.717, 1.165) is 38.5 Å². The minimum atomic E-state index is -4.59. The maximum Gasteiger partial charge on any atom is 0.268 e. The Hall–Kier alpha value is -1.02. The van der Waals surface area contributed by atoms with Crippen LogP contribution in [-0.2, 0) is 18.4 Å². The van der Waals surface area contributed by atoms with Crippen LogP contribution in [0, 0.1) is 0 Å². The molecule has 0 bridgehead atoms. The zero-order valence-electron chi connectivity index (χ0n) is 38.3. The summed E-state index contributed by atoms with van der Waals surface area (Å²) in [5, 5.41) is 13.8. The molecule has 0 aliphatic carbocycles. The zero-order chi connectivity index (χ0) is 42.1. The number of phosphoric acid groups is 1. The van der Waals surface area contributed by atoms with Crippen LogP contribution in [0.3, 0.4) is 0 Å². The predicted octanol–water partition coefficient (Wildman–Crippen LogP) is 13.1. The number of aliphatic hydroxyl groups excluding tert-OH is 1. The molecule has 338 valence electrons. The average molecular weight is 827 g/mol. The lowest BCUT2D eigenvalue weighted by Crippen LogP contribution is -2.45. The Balaban J connectivity index is 4.32. The van der Waals surface area contributed by atoms with E-state index in [4.69, 9.17) is 9.05 Å². The Labute approximate surface area is 354 Å². The van der Waals surface area contributed by atoms with Crippen LogP contribution in [0.5, 0.6) is 0 Å². The van der Waals surface area contributed by atoms with Crippen LogP contribution in [0.1, 0.15) is 226 Å². The molecule has 0 aliphatic heterocycles. The first-order chi connectivity index (χ1) is 27.5. The Morgan fingerprint density at radius 2 is 0.965 bits per heavy atom. The molecule has 2 N–H and O–H groups in total. The van der Waals surface area contributed by atoms with Crippen molar-refractivity contribution in [2.75, 3.05) is 40.9 Å². The SMILES string of the molecule is CCCCCCCCCCCC/C=C\CCCCCCCCCC(=O)NC(COP(=O)([O-])OCC[N+](C)(C)C)C(O)/C=C/CCCCCCCCCCCCCC. The highest BCUT2D eigenvalue weighted by molar-refractivity contribution is 7.45. The van der Waals surface area contributed by atoms with Crippen LogP contribution in [0.2, 0.25) is 0 Å². The predicted molar refractivity (Wildman–Crippen MR) is 242 cm³/mol. The number of nitrogens with zero attached hydrogens (tertiary/aromatic N) is 1. The molecule has 0 heterocycles. The number of unbranched alkanes of at least 4 members (excludes halogenated alkanes) is 29. The summed E-state index contributed by atoms with van der Waals surface area (Å²) >= 11 is 0. The summed E-state index contributed by atoms with van der Waals surface area (Å²) in [6.07, 6.45) is 47.9. The molecule has 0 aromatic carbocycles. The van der Waals surface area contributed by atoms with E-state index in [1.165, 1.54) is 167 Å². The fraction of sp³-hybridized carbons (Fsp3) is 0.896. The molecular weight excluding hydrogens is 732 g/mol. The molecule has 0 aromatic heterocycles. The molecule has 0 aliphatic rings. The molecule has 0 aromatic rings. The number of hydrogen-bond acceptors (Lipinski definition) is 6. The second-order valence-corrected chi connectivity index (χ2v) is 19.2. The lowest BCUT2D eigenvalue weighted by atomic mass is 10.0. The summed E-state index contributed by atoms with van der Waals surface area (Å²) in [5.41, 5.74) is 0. The number of aliphatic hydroxyl groups is 1. The second kappa shape index (κ2) is 40.4. The van der Waals surface area contributed by atoms with E-state index in [1.54, 1.807) is 6.08 Å². The number of amides is 1. The van der Waals surface area contributed by atoms with E-state index in [0.29, 0.717) is 17.4 Å². The van der Waals surface area contributed by atoms with E-state index in [2.05, 4.69) is 31.3 Å². The average Bonchev–Trinajstić information content (AvgIpc) is 3.16. The molecule has 3 atom stereocenters. The first-order valence-corrected chi connectivity index (χ1v) is 25.7. The van der Waals surface area contributed by atoms with E-state index >= 15 is 0 Å². The number of likely N-dealkylation sites (N-methyl/N-ethyl adjacent to an activating group) is 1. The van der Waals surface area contributed by atoms with Gasteiger partial charge in [0.2, 0.25) is 5.91 Å². The minimum absolute atomic E-state index is 0.000664. The zero-order valence-corrected chi connectivity index (χ0v) is 39.2. The minimum Gasteiger partial charge on any atom is -0.756 e. The number of phosphoric ester groups is 1. The number of hydrogen-bond donors (Lipinski definition) is 2. The van der Waals surface area contributed by atoms with Crippen molar-refractivity contribution in [1.29, 1.82) is 0 Å². The molecule has 0 saturated heterocycles. The molecule has 0 fully saturated rings. The Morgan fingerprint density at radius 3 is 1.37 bits per heavy atom. The van der Waals surface area contributed by atoms with Crippen LogP contribution in [0.4, 0.5) is 0 Å². The van der Waals surface area contributed by atoms with Gasteiger partial charge >= 0.3 is 0 Å². The molecule has 0 spiro atoms. The third-order valence-electron chi connectivity index (χ3n) is 10.9. The van der Waals surface area contributed by atoms with Crippen LogP contribution in [0.15, 0.2) is 24.3 Å². The summed E-state index contributed by atoms with van der Waals surface area (Å²) in [7, 11) is 1.26. The van der Waals surface area contributed by atoms with Crippen LogP contribution >= 0.6 is 7.82 Å². The van der Waals surface area contributed by atoms with E-state index < -0.39 is 20.0 Å². The molecule has 8 nitrogen and oxygen atoms in total. The standard InChI is InChI=1S/C48H95N2O6P/c1-6-8-10-12-14-16-18-20-22-23-24-25-26-27-28-30-32-34-36-38-40-42-48(52)49-46(45-56-57(53,54)55-44-43-50(3,4)5)47(51)41-39-37-35-33-31-29-21-19-17-15-13-11-9-7-2/h25-26,39,41,46-47,51H,6-24,27-38,40,42-45H2,1-5H3,(H-,49,52,53,54)/b26-25-,41-39+. The van der Waals surface area contributed by atoms with Gasteiger partial charge in [-0.2, -0.15) is 0 Å². The summed E-state index contributed by atoms with van der Waals surface area (Å²) in [4.78, 5) is 25.3. The fourth-order valence-corrected chi connectivity index (χ4v) is 7.75. The summed E-state index contributed by atoms with van der Waals surface area (Å²) < 4.78 is 23.2. The van der Waals surface area contributed by atoms with E-state index in [1.807, 2.05) is 27.2 Å². The van der Waals surface area contributed by atoms with Crippen LogP contribution < -0.4 is 10.2 Å². The molecular formula is C48H95N2O6P. The highest BCUT2D eigenvalue weighted by atomic mass is 31.2. The quantitative estimate of drug-likeness (QED) is 0.0274. The van der Waals surface area contributed by atoms with E-state index in [9.17, 15) is 19.4 Å². The van der Waals surface area contributed by atoms with Gasteiger partial charge in [0.05, 0.1) is 39.9 Å². The van der Waals surface area contributed by atoms with Gasteiger partial charge < -0.3 is 28.8 Å². The topological polar surface area (TPSA) is 108 Å². The van der Waals surface area contributed by atoms with Crippen molar-refractivity contribution in [3.63, 3.8) is 0 Å². The summed E-state index contributed by atoms with van der Waals surface area (Å²) in [5.74, 6) is -0.201. The van der Waals surface area contributed by atoms with Crippen LogP contribution in [0.25, 0.3) is 0 Å². The Bertz CT molecular complexity index is 984. The first-order valence-electron chi connectivity index (χ1n) is 24.2. The highest BCUT2D eigenvalue weighted by Crippen LogP contribution is 2.38. The van der Waals surface area contributed by atoms with Gasteiger partial charge in [-0.25, -0.2) is 0 Å². The summed E-state index contributed by atoms with van der Waals surface area (Å²) in [6.45, 7) is 4.65. The number of rotatable bonds is 44. The van der Waals surface area contributed by atoms with Gasteiger partial charge in [-0.3, -0.25) is 9.36 Å². The third kappa shape index (κ3) is 42.9. The maximum atomic E-state index is 12.9. The van der Waals surface area contributed by atoms with Crippen molar-refractivity contribution in [3.8, 4) is 0 Å². The van der Waals surface area contributed by atoms with Crippen molar-refractivity contribution in [2.45, 2.75) is 238 Å². The lowest BCUT2D eigenvalue weighted by molar-refractivity contribution is -0.870. The molecule has 9 heteroatoms. The first kappa shape index (κ1) is 56.0. The van der Waals surface area contributed by atoms with Gasteiger partial charge in [0.25, 0.3) is 7.82 Å². The number of carbonyl (C=O) groups is 1. The van der Waals surface area contributed by atoms with Crippen molar-refractivity contribution in [1.82, 2.24) is 5.32 Å². The molecule has 1 amide bonds. The van der Waals surface area contributed by atoms with Crippen molar-refractivity contribution in [3.05, 3.63) is 24.3 Å². The summed E-state index contributed by atoms with van der Waals surface area (Å²) in [6, 6.07) is -0.885. The Morgan fingerprint density at radius 1 is 0.596 bits per heavy atom. The molecule has 0 rings (SSSR count). The van der Waals surface area contributed by atoms with Gasteiger partial charge in [0.1, 0.15) is 13.2 Å². The van der Waals surface area contributed by atoms with Crippen molar-refractivity contribution < 1.29 is 32.9 Å². The molecule has 0 radical (unpaired) electrons. The van der Waals surface area contributed by atoms with Gasteiger partial charge in [0.15, 0.2) is 0 Å². The van der Waals surface area contributed by atoms with Crippen LogP contribution in [-0.4, -0.2) is 68.5 Å². The van der Waals surface area contributed by atoms with Crippen molar-refractivity contribution in [2.24, 2.45) is 0 Å². The van der Waals surface area contributed by atoms with Gasteiger partial charge in [0, 0.05) is 6.42 Å². The monoisotopic (exact) mass is 827 g/mol. The van der Waals surface area contributed by atoms with Gasteiger partial charge in [-0.1, -0.05) is 199 Å². The highest BCUT2D eigenvalue weighted by Gasteiger charge is 2.23. The number of quaternary nitrogens is 1. The van der Waals surface area contributed by atoms with Gasteiger partial charge in [-0.05, 0) is 44.9 Å². The Kier molecular flexibility index (Phi) is 39.7.